The lowest BCUT2D eigenvalue weighted by atomic mass is 10.0. The number of aliphatic hydroxyl groups excluding tert-OH is 1. The van der Waals surface area contributed by atoms with Gasteiger partial charge in [-0.1, -0.05) is 59.4 Å². The van der Waals surface area contributed by atoms with Crippen LogP contribution in [0, 0.1) is 12.8 Å². The van der Waals surface area contributed by atoms with Gasteiger partial charge in [-0.2, -0.15) is 0 Å². The molecule has 0 radical (unpaired) electrons. The van der Waals surface area contributed by atoms with E-state index >= 15 is 0 Å². The fourth-order valence-corrected chi connectivity index (χ4v) is 7.47. The van der Waals surface area contributed by atoms with Crippen molar-refractivity contribution in [2.45, 2.75) is 52.8 Å². The van der Waals surface area contributed by atoms with Gasteiger partial charge in [0.1, 0.15) is 58.2 Å². The van der Waals surface area contributed by atoms with E-state index in [2.05, 4.69) is 112 Å². The predicted octanol–water partition coefficient (Wildman–Crippen LogP) is 0.675. The molecule has 0 unspecified atom stereocenters. The van der Waals surface area contributed by atoms with Crippen LogP contribution in [0.3, 0.4) is 0 Å². The van der Waals surface area contributed by atoms with E-state index in [-0.39, 0.29) is 79.6 Å². The maximum atomic E-state index is 13.8. The van der Waals surface area contributed by atoms with Crippen molar-refractivity contribution in [3.8, 4) is 22.0 Å². The molecule has 30 heteroatoms. The molecule has 6 rings (SSSR count). The molecule has 8 bridgehead atoms. The van der Waals surface area contributed by atoms with Crippen LogP contribution in [0.4, 0.5) is 0 Å². The van der Waals surface area contributed by atoms with Crippen molar-refractivity contribution >= 4 is 87.5 Å². The number of aryl methyl sites for hydroxylation is 1. The lowest BCUT2D eigenvalue weighted by Crippen LogP contribution is -2.52. The van der Waals surface area contributed by atoms with Gasteiger partial charge in [0.25, 0.3) is 47.3 Å². The lowest BCUT2D eigenvalue weighted by molar-refractivity contribution is -0.127. The lowest BCUT2D eigenvalue weighted by Gasteiger charge is -2.22. The summed E-state index contributed by atoms with van der Waals surface area (Å²) in [6, 6.07) is -0.365. The summed E-state index contributed by atoms with van der Waals surface area (Å²) in [5, 5.41) is 33.1. The molecule has 414 valence electrons. The van der Waals surface area contributed by atoms with Gasteiger partial charge in [0.2, 0.25) is 29.5 Å². The van der Waals surface area contributed by atoms with Crippen molar-refractivity contribution in [3.63, 3.8) is 0 Å². The number of aliphatic hydroxyl groups is 1. The zero-order chi connectivity index (χ0) is 59.0. The molecular formula is C50H49N15O14S. The molecule has 80 heavy (non-hydrogen) atoms. The van der Waals surface area contributed by atoms with E-state index < -0.39 is 112 Å². The number of thiazole rings is 1. The monoisotopic (exact) mass is 1120 g/mol. The van der Waals surface area contributed by atoms with Gasteiger partial charge in [-0.05, 0) is 38.8 Å². The minimum absolute atomic E-state index is 0.0697. The third-order valence-corrected chi connectivity index (χ3v) is 11.8. The molecule has 0 spiro atoms. The van der Waals surface area contributed by atoms with Crippen LogP contribution in [-0.2, 0) is 28.8 Å². The summed E-state index contributed by atoms with van der Waals surface area (Å²) < 4.78 is 16.7. The summed E-state index contributed by atoms with van der Waals surface area (Å²) in [4.78, 5) is 153. The summed E-state index contributed by atoms with van der Waals surface area (Å²) in [6.07, 6.45) is 1.77. The van der Waals surface area contributed by atoms with Crippen LogP contribution < -0.4 is 53.6 Å². The van der Waals surface area contributed by atoms with E-state index in [0.717, 1.165) is 23.9 Å². The Labute approximate surface area is 456 Å². The number of pyridine rings is 1. The minimum Gasteiger partial charge on any atom is -0.443 e. The van der Waals surface area contributed by atoms with Gasteiger partial charge in [0.05, 0.1) is 46.0 Å². The second-order valence-electron chi connectivity index (χ2n) is 17.2. The van der Waals surface area contributed by atoms with E-state index in [0.29, 0.717) is 0 Å². The fraction of sp³-hybridized carbons (Fsp3) is 0.180. The number of amides is 10. The summed E-state index contributed by atoms with van der Waals surface area (Å²) >= 11 is 0.893. The van der Waals surface area contributed by atoms with Gasteiger partial charge in [-0.3, -0.25) is 47.9 Å². The summed E-state index contributed by atoms with van der Waals surface area (Å²) in [7, 11) is 0. The van der Waals surface area contributed by atoms with Gasteiger partial charge in [0.15, 0.2) is 11.4 Å². The molecular weight excluding hydrogens is 1070 g/mol. The summed E-state index contributed by atoms with van der Waals surface area (Å²) in [6.45, 7) is 28.8. The molecule has 0 aromatic carbocycles. The van der Waals surface area contributed by atoms with E-state index in [1.807, 2.05) is 0 Å². The normalized spacial score (nSPS) is 17.2. The largest absolute Gasteiger partial charge is 0.443 e. The quantitative estimate of drug-likeness (QED) is 0.0998. The molecule has 5 aromatic heterocycles. The number of aromatic nitrogens is 5. The highest BCUT2D eigenvalue weighted by Crippen LogP contribution is 2.33. The Bertz CT molecular complexity index is 3560. The first-order valence-corrected chi connectivity index (χ1v) is 24.0. The molecule has 5 aromatic rings. The molecule has 6 heterocycles. The third-order valence-electron chi connectivity index (χ3n) is 10.9. The van der Waals surface area contributed by atoms with Gasteiger partial charge in [-0.15, -0.1) is 11.3 Å². The van der Waals surface area contributed by atoms with E-state index in [4.69, 9.17) is 19.0 Å². The Hall–Kier alpha value is -10.8. The zero-order valence-electron chi connectivity index (χ0n) is 43.0. The molecule has 0 fully saturated rings. The van der Waals surface area contributed by atoms with Crippen molar-refractivity contribution in [1.82, 2.24) is 72.8 Å². The van der Waals surface area contributed by atoms with Crippen LogP contribution in [0.5, 0.6) is 0 Å². The number of rotatable bonds is 7. The van der Waals surface area contributed by atoms with Crippen LogP contribution in [0.25, 0.3) is 39.1 Å². The maximum absolute atomic E-state index is 13.8. The average Bonchev–Trinajstić information content (AvgIpc) is 4.26. The second kappa shape index (κ2) is 24.5. The number of primary amides is 1. The van der Waals surface area contributed by atoms with Crippen LogP contribution in [0.2, 0.25) is 0 Å². The van der Waals surface area contributed by atoms with E-state index in [1.54, 1.807) is 13.8 Å². The molecule has 1 aliphatic heterocycles. The molecule has 12 N–H and O–H groups in total. The number of allylic oxidation sites excluding steroid dienone is 1. The molecule has 29 nitrogen and oxygen atoms in total. The van der Waals surface area contributed by atoms with E-state index in [9.17, 15) is 53.1 Å². The van der Waals surface area contributed by atoms with Crippen LogP contribution >= 0.6 is 11.3 Å². The Morgan fingerprint density at radius 2 is 1.27 bits per heavy atom. The molecule has 1 aliphatic rings. The molecule has 0 aliphatic carbocycles. The third kappa shape index (κ3) is 13.6. The molecule has 3 atom stereocenters. The Morgan fingerprint density at radius 1 is 0.675 bits per heavy atom. The Balaban J connectivity index is 1.35. The maximum Gasteiger partial charge on any atom is 0.278 e. The van der Waals surface area contributed by atoms with Crippen molar-refractivity contribution in [1.29, 1.82) is 0 Å². The van der Waals surface area contributed by atoms with Crippen molar-refractivity contribution < 1.29 is 66.3 Å². The zero-order valence-corrected chi connectivity index (χ0v) is 43.8. The smallest absolute Gasteiger partial charge is 0.278 e. The van der Waals surface area contributed by atoms with Crippen molar-refractivity contribution in [2.24, 2.45) is 11.7 Å². The number of carbonyl (C=O) groups excluding carboxylic acids is 10. The minimum atomic E-state index is -1.65. The van der Waals surface area contributed by atoms with Crippen molar-refractivity contribution in [3.05, 3.63) is 145 Å². The number of hydrogen-bond donors (Lipinski definition) is 11. The van der Waals surface area contributed by atoms with Gasteiger partial charge >= 0.3 is 0 Å². The number of fused-ring (bicyclic) bond motifs is 11. The van der Waals surface area contributed by atoms with Gasteiger partial charge in [-0.25, -0.2) is 24.9 Å². The summed E-state index contributed by atoms with van der Waals surface area (Å²) in [5.41, 5.74) is 0.894. The van der Waals surface area contributed by atoms with Gasteiger partial charge < -0.3 is 71.9 Å². The average molecular weight is 1120 g/mol. The van der Waals surface area contributed by atoms with E-state index in [1.165, 1.54) is 44.4 Å². The standard InChI is InChI=1S/C50H49N15O14S/c1-12-28-49-61-31(16-78-49)42(72)54-22(7)40(70)63-33(18(2)3)44(74)57-24(9)48-65-35(26(11)79-48)46(76)55-21(6)39(69)56-23(8)47-60-30(15-77-47)36-27(50-62-32(17-80-50)43(73)64-34(25(10)66)45(75)59-28)13-14-29(58-36)41(71)53-20(5)38(68)52-19(4)37(51)67/h12-18,25,33-34,66H,4-9H2,1-3,10-11H3,(H2,51,67)(H,52,68)(H,53,71)(H,54,72)(H,55,76)(H,56,69)(H,57,74)(H,59,75)(H,63,70)(H,64,73)/t25-,33+,34+/m1/s1. The topological polar surface area (TPSA) is 429 Å². The number of nitrogens with zero attached hydrogens (tertiary/aromatic N) is 5. The molecule has 0 saturated carbocycles. The van der Waals surface area contributed by atoms with Crippen molar-refractivity contribution in [2.75, 3.05) is 0 Å². The number of nitrogens with two attached hydrogens (primary N) is 1. The predicted molar refractivity (Wildman–Crippen MR) is 281 cm³/mol. The highest BCUT2D eigenvalue weighted by atomic mass is 32.1. The van der Waals surface area contributed by atoms with Crippen LogP contribution in [0.15, 0.2) is 112 Å². The fourth-order valence-electron chi connectivity index (χ4n) is 6.65. The molecule has 0 saturated heterocycles. The Morgan fingerprint density at radius 3 is 1.94 bits per heavy atom. The number of carbonyl (C=O) groups is 10. The Kier molecular flexibility index (Phi) is 17.9. The van der Waals surface area contributed by atoms with Gasteiger partial charge in [0, 0.05) is 10.9 Å². The number of oxazole rings is 3. The molecule has 10 amide bonds. The first-order chi connectivity index (χ1) is 37.7. The SMILES string of the molecule is C=C(NC(=O)C(=C)NC(=O)c1ccc2c(n1)-c1coc(n1)C(=C)NC(=O)C(=C)NC(=O)c1nc(oc1C)C(=C)NC(=O)[C@H](C(C)C)NC(=O)C(=C)NC(=O)c1coc(n1)C(=CC)NC(=O)[C@H]([C@@H](C)O)NC(=O)c1csc-2n1)C(N)=O. The van der Waals surface area contributed by atoms with Crippen LogP contribution in [0.1, 0.15) is 93.1 Å². The number of nitrogens with one attached hydrogen (secondary N) is 9. The highest BCUT2D eigenvalue weighted by Gasteiger charge is 2.32. The first-order valence-electron chi connectivity index (χ1n) is 23.1. The first kappa shape index (κ1) is 58.5. The number of hydrogen-bond acceptors (Lipinski definition) is 20. The summed E-state index contributed by atoms with van der Waals surface area (Å²) in [5.74, 6) is -11.4. The highest BCUT2D eigenvalue weighted by molar-refractivity contribution is 7.13. The second-order valence-corrected chi connectivity index (χ2v) is 18.1. The van der Waals surface area contributed by atoms with Crippen LogP contribution in [-0.4, -0.2) is 107 Å².